The van der Waals surface area contributed by atoms with Crippen molar-refractivity contribution >= 4 is 28.8 Å². The first-order valence-electron chi connectivity index (χ1n) is 8.33. The number of benzene rings is 2. The average molecular weight is 375 g/mol. The summed E-state index contributed by atoms with van der Waals surface area (Å²) in [5, 5.41) is 16.6. The zero-order valence-corrected chi connectivity index (χ0v) is 15.3. The first-order chi connectivity index (χ1) is 13.1. The summed E-state index contributed by atoms with van der Waals surface area (Å²) in [4.78, 5) is 25.4. The monoisotopic (exact) mass is 375 g/mol. The molecule has 0 spiro atoms. The van der Waals surface area contributed by atoms with Crippen molar-refractivity contribution in [1.82, 2.24) is 5.32 Å². The van der Waals surface area contributed by atoms with E-state index in [2.05, 4.69) is 10.6 Å². The first kappa shape index (κ1) is 18.4. The Morgan fingerprint density at radius 3 is 2.56 bits per heavy atom. The summed E-state index contributed by atoms with van der Waals surface area (Å²) < 4.78 is 0. The van der Waals surface area contributed by atoms with Gasteiger partial charge in [-0.1, -0.05) is 24.3 Å². The lowest BCUT2D eigenvalue weighted by molar-refractivity contribution is -0.120. The van der Waals surface area contributed by atoms with Crippen LogP contribution >= 0.6 is 11.3 Å². The van der Waals surface area contributed by atoms with Crippen LogP contribution in [0.3, 0.4) is 0 Å². The highest BCUT2D eigenvalue weighted by atomic mass is 32.1. The minimum atomic E-state index is -0.284. The van der Waals surface area contributed by atoms with Gasteiger partial charge in [0.25, 0.3) is 5.91 Å². The van der Waals surface area contributed by atoms with Crippen molar-refractivity contribution in [2.45, 2.75) is 13.0 Å². The van der Waals surface area contributed by atoms with E-state index in [-0.39, 0.29) is 18.2 Å². The predicted octanol–water partition coefficient (Wildman–Crippen LogP) is 3.73. The third-order valence-electron chi connectivity index (χ3n) is 3.87. The van der Waals surface area contributed by atoms with Crippen LogP contribution in [0.15, 0.2) is 66.0 Å². The van der Waals surface area contributed by atoms with Gasteiger partial charge in [-0.2, -0.15) is 5.26 Å². The molecule has 0 unspecified atom stereocenters. The van der Waals surface area contributed by atoms with Crippen molar-refractivity contribution in [2.24, 2.45) is 0 Å². The minimum absolute atomic E-state index is 0.0477. The minimum Gasteiger partial charge on any atom is -0.351 e. The van der Waals surface area contributed by atoms with Gasteiger partial charge in [0.1, 0.15) is 0 Å². The molecule has 0 atom stereocenters. The van der Waals surface area contributed by atoms with Gasteiger partial charge in [0.05, 0.1) is 24.6 Å². The maximum absolute atomic E-state index is 12.3. The van der Waals surface area contributed by atoms with E-state index < -0.39 is 0 Å². The molecule has 0 saturated heterocycles. The van der Waals surface area contributed by atoms with Crippen molar-refractivity contribution in [3.63, 3.8) is 0 Å². The Kier molecular flexibility index (Phi) is 5.98. The van der Waals surface area contributed by atoms with E-state index in [1.165, 1.54) is 0 Å². The third-order valence-corrected chi connectivity index (χ3v) is 4.75. The quantitative estimate of drug-likeness (QED) is 0.689. The van der Waals surface area contributed by atoms with Crippen LogP contribution in [0.2, 0.25) is 0 Å². The Bertz CT molecular complexity index is 973. The van der Waals surface area contributed by atoms with Gasteiger partial charge in [-0.3, -0.25) is 9.59 Å². The highest BCUT2D eigenvalue weighted by molar-refractivity contribution is 7.09. The molecule has 0 aliphatic rings. The number of carbonyl (C=O) groups excluding carboxylic acids is 2. The largest absolute Gasteiger partial charge is 0.351 e. The summed E-state index contributed by atoms with van der Waals surface area (Å²) >= 11 is 1.61. The molecule has 5 nitrogen and oxygen atoms in total. The highest BCUT2D eigenvalue weighted by Crippen LogP contribution is 2.13. The summed E-state index contributed by atoms with van der Waals surface area (Å²) in [5.41, 5.74) is 2.35. The molecule has 0 aliphatic heterocycles. The number of rotatable bonds is 6. The van der Waals surface area contributed by atoms with E-state index in [0.29, 0.717) is 23.4 Å². The first-order valence-corrected chi connectivity index (χ1v) is 9.21. The molecular formula is C21H17N3O2S. The Morgan fingerprint density at radius 1 is 1.04 bits per heavy atom. The third kappa shape index (κ3) is 5.27. The van der Waals surface area contributed by atoms with E-state index in [0.717, 1.165) is 10.4 Å². The van der Waals surface area contributed by atoms with Crippen molar-refractivity contribution < 1.29 is 9.59 Å². The van der Waals surface area contributed by atoms with Crippen molar-refractivity contribution in [1.29, 1.82) is 5.26 Å². The Balaban J connectivity index is 1.54. The molecule has 2 amide bonds. The molecule has 0 radical (unpaired) electrons. The second-order valence-corrected chi connectivity index (χ2v) is 6.91. The Morgan fingerprint density at radius 2 is 1.85 bits per heavy atom. The number of nitrogens with zero attached hydrogens (tertiary/aromatic N) is 1. The number of anilines is 1. The molecule has 3 aromatic rings. The van der Waals surface area contributed by atoms with E-state index in [4.69, 9.17) is 5.26 Å². The van der Waals surface area contributed by atoms with Crippen LogP contribution in [0, 0.1) is 11.3 Å². The predicted molar refractivity (Wildman–Crippen MR) is 105 cm³/mol. The fraction of sp³-hybridized carbons (Fsp3) is 0.0952. The fourth-order valence-corrected chi connectivity index (χ4v) is 3.13. The van der Waals surface area contributed by atoms with Crippen LogP contribution in [0.5, 0.6) is 0 Å². The van der Waals surface area contributed by atoms with E-state index in [1.54, 1.807) is 47.7 Å². The fourth-order valence-electron chi connectivity index (χ4n) is 2.49. The van der Waals surface area contributed by atoms with Crippen LogP contribution in [0.25, 0.3) is 0 Å². The molecule has 27 heavy (non-hydrogen) atoms. The van der Waals surface area contributed by atoms with Gasteiger partial charge in [-0.15, -0.1) is 11.3 Å². The molecule has 0 fully saturated rings. The number of carbonyl (C=O) groups is 2. The maximum Gasteiger partial charge on any atom is 0.255 e. The SMILES string of the molecule is N#Cc1cccc(C(=O)Nc2ccc(CC(=O)NCc3cccs3)cc2)c1. The summed E-state index contributed by atoms with van der Waals surface area (Å²) in [7, 11) is 0. The molecule has 134 valence electrons. The van der Waals surface area contributed by atoms with E-state index >= 15 is 0 Å². The van der Waals surface area contributed by atoms with Gasteiger partial charge in [-0.05, 0) is 47.3 Å². The number of amides is 2. The second kappa shape index (κ2) is 8.79. The molecule has 1 aromatic heterocycles. The summed E-state index contributed by atoms with van der Waals surface area (Å²) in [5.74, 6) is -0.331. The lowest BCUT2D eigenvalue weighted by Crippen LogP contribution is -2.24. The van der Waals surface area contributed by atoms with Crippen LogP contribution in [-0.2, 0) is 17.8 Å². The Hall–Kier alpha value is -3.43. The van der Waals surface area contributed by atoms with Crippen LogP contribution in [0.1, 0.15) is 26.4 Å². The number of hydrogen-bond acceptors (Lipinski definition) is 4. The molecule has 0 bridgehead atoms. The second-order valence-electron chi connectivity index (χ2n) is 5.88. The summed E-state index contributed by atoms with van der Waals surface area (Å²) in [6.45, 7) is 0.534. The van der Waals surface area contributed by atoms with Crippen molar-refractivity contribution in [3.05, 3.63) is 87.6 Å². The van der Waals surface area contributed by atoms with Gasteiger partial charge in [0.2, 0.25) is 5.91 Å². The lowest BCUT2D eigenvalue weighted by Gasteiger charge is -2.07. The molecule has 6 heteroatoms. The van der Waals surface area contributed by atoms with Crippen LogP contribution < -0.4 is 10.6 Å². The average Bonchev–Trinajstić information content (AvgIpc) is 3.21. The van der Waals surface area contributed by atoms with Crippen molar-refractivity contribution in [2.75, 3.05) is 5.32 Å². The number of nitriles is 1. The molecule has 2 N–H and O–H groups in total. The smallest absolute Gasteiger partial charge is 0.255 e. The zero-order chi connectivity index (χ0) is 19.1. The number of nitrogens with one attached hydrogen (secondary N) is 2. The summed E-state index contributed by atoms with van der Waals surface area (Å²) in [6.07, 6.45) is 0.282. The Labute approximate surface area is 161 Å². The van der Waals surface area contributed by atoms with Gasteiger partial charge in [0.15, 0.2) is 0 Å². The molecule has 0 saturated carbocycles. The molecular weight excluding hydrogens is 358 g/mol. The van der Waals surface area contributed by atoms with Crippen LogP contribution in [-0.4, -0.2) is 11.8 Å². The van der Waals surface area contributed by atoms with E-state index in [1.807, 2.05) is 35.7 Å². The van der Waals surface area contributed by atoms with E-state index in [9.17, 15) is 9.59 Å². The molecule has 0 aliphatic carbocycles. The van der Waals surface area contributed by atoms with Gasteiger partial charge < -0.3 is 10.6 Å². The summed E-state index contributed by atoms with van der Waals surface area (Å²) in [6, 6.07) is 19.6. The van der Waals surface area contributed by atoms with Crippen LogP contribution in [0.4, 0.5) is 5.69 Å². The van der Waals surface area contributed by atoms with Gasteiger partial charge in [-0.25, -0.2) is 0 Å². The maximum atomic E-state index is 12.3. The number of hydrogen-bond donors (Lipinski definition) is 2. The normalized spacial score (nSPS) is 10.0. The van der Waals surface area contributed by atoms with Gasteiger partial charge >= 0.3 is 0 Å². The van der Waals surface area contributed by atoms with Crippen molar-refractivity contribution in [3.8, 4) is 6.07 Å². The molecule has 1 heterocycles. The highest BCUT2D eigenvalue weighted by Gasteiger charge is 2.08. The standard InChI is InChI=1S/C21H17N3O2S/c22-13-16-3-1-4-17(11-16)21(26)24-18-8-6-15(7-9-18)12-20(25)23-14-19-5-2-10-27-19/h1-11H,12,14H2,(H,23,25)(H,24,26). The molecule has 3 rings (SSSR count). The molecule has 2 aromatic carbocycles. The zero-order valence-electron chi connectivity index (χ0n) is 14.4. The topological polar surface area (TPSA) is 82.0 Å². The lowest BCUT2D eigenvalue weighted by atomic mass is 10.1. The number of thiophene rings is 1. The van der Waals surface area contributed by atoms with Gasteiger partial charge in [0, 0.05) is 16.1 Å².